The van der Waals surface area contributed by atoms with Gasteiger partial charge in [-0.1, -0.05) is 17.7 Å². The van der Waals surface area contributed by atoms with Gasteiger partial charge in [-0.25, -0.2) is 13.8 Å². The number of hydrogen-bond acceptors (Lipinski definition) is 5. The maximum absolute atomic E-state index is 13.2. The topological polar surface area (TPSA) is 92.4 Å². The van der Waals surface area contributed by atoms with Crippen LogP contribution in [0.5, 0.6) is 0 Å². The Morgan fingerprint density at radius 1 is 1.41 bits per heavy atom. The number of benzene rings is 1. The van der Waals surface area contributed by atoms with E-state index in [9.17, 15) is 14.0 Å². The summed E-state index contributed by atoms with van der Waals surface area (Å²) in [5.74, 6) is 0.0911. The maximum Gasteiger partial charge on any atom is 0.283 e. The number of rotatable bonds is 3. The number of nitrogens with two attached hydrogens (primary N) is 1. The number of nitriles is 1. The molecule has 3 aromatic rings. The largest absolute Gasteiger partial charge is 0.383 e. The van der Waals surface area contributed by atoms with E-state index in [4.69, 9.17) is 17.3 Å². The molecule has 0 bridgehead atoms. The van der Waals surface area contributed by atoms with E-state index in [1.807, 2.05) is 0 Å². The third kappa shape index (κ3) is 3.25. The van der Waals surface area contributed by atoms with Crippen molar-refractivity contribution >= 4 is 42.1 Å². The summed E-state index contributed by atoms with van der Waals surface area (Å²) in [4.78, 5) is 8.01. The number of nitrogen functional groups attached to an aromatic ring is 1. The van der Waals surface area contributed by atoms with Crippen LogP contribution in [-0.2, 0) is 0 Å². The number of halogens is 3. The number of aromatic nitrogens is 3. The second kappa shape index (κ2) is 7.13. The van der Waals surface area contributed by atoms with Crippen molar-refractivity contribution in [2.75, 3.05) is 5.73 Å². The van der Waals surface area contributed by atoms with Crippen LogP contribution in [0.25, 0.3) is 17.9 Å². The lowest BCUT2D eigenvalue weighted by Gasteiger charge is -2.07. The predicted molar refractivity (Wildman–Crippen MR) is 100 cm³/mol. The van der Waals surface area contributed by atoms with Crippen LogP contribution in [0, 0.1) is 18.3 Å². The number of aryl methyl sites for hydroxylation is 1. The molecule has 0 unspecified atom stereocenters. The van der Waals surface area contributed by atoms with Gasteiger partial charge in [0.2, 0.25) is 0 Å². The van der Waals surface area contributed by atoms with E-state index in [1.54, 1.807) is 37.3 Å². The third-order valence-corrected chi connectivity index (χ3v) is 4.19. The van der Waals surface area contributed by atoms with Crippen molar-refractivity contribution < 1.29 is 8.78 Å². The number of anilines is 1. The number of fused-ring (bicyclic) bond motifs is 1. The Kier molecular flexibility index (Phi) is 4.88. The molecule has 0 saturated carbocycles. The molecule has 2 aromatic heterocycles. The highest BCUT2D eigenvalue weighted by molar-refractivity contribution is 6.30. The molecule has 0 amide bonds. The van der Waals surface area contributed by atoms with Gasteiger partial charge in [-0.3, -0.25) is 4.99 Å². The molecule has 1 aromatic carbocycles. The van der Waals surface area contributed by atoms with Crippen molar-refractivity contribution in [2.45, 2.75) is 13.3 Å². The minimum Gasteiger partial charge on any atom is -0.383 e. The van der Waals surface area contributed by atoms with Crippen molar-refractivity contribution in [3.63, 3.8) is 0 Å². The third-order valence-electron chi connectivity index (χ3n) is 3.95. The Morgan fingerprint density at radius 2 is 2.15 bits per heavy atom. The van der Waals surface area contributed by atoms with Gasteiger partial charge in [-0.15, -0.1) is 0 Å². The fraction of sp³-hybridized carbons (Fsp3) is 0.111. The smallest absolute Gasteiger partial charge is 0.283 e. The highest BCUT2D eigenvalue weighted by Gasteiger charge is 2.24. The van der Waals surface area contributed by atoms with Crippen LogP contribution >= 0.6 is 11.6 Å². The zero-order valence-electron chi connectivity index (χ0n) is 14.1. The number of alkyl halides is 2. The van der Waals surface area contributed by atoms with Crippen LogP contribution in [0.4, 0.5) is 14.6 Å². The first-order valence-electron chi connectivity index (χ1n) is 7.67. The summed E-state index contributed by atoms with van der Waals surface area (Å²) in [6.07, 6.45) is 0.344. The van der Waals surface area contributed by atoms with E-state index in [0.29, 0.717) is 21.5 Å². The molecule has 0 saturated heterocycles. The minimum atomic E-state index is -2.91. The Labute approximate surface area is 157 Å². The van der Waals surface area contributed by atoms with Crippen molar-refractivity contribution in [2.24, 2.45) is 4.99 Å². The first-order chi connectivity index (χ1) is 12.9. The molecule has 0 radical (unpaired) electrons. The number of aliphatic imine (C=N–C) groups is 1. The average molecular weight is 387 g/mol. The molecular formula is C18H13ClF2N6. The Hall–Kier alpha value is -3.31. The van der Waals surface area contributed by atoms with Crippen LogP contribution < -0.4 is 16.2 Å². The highest BCUT2D eigenvalue weighted by Crippen LogP contribution is 2.27. The first kappa shape index (κ1) is 18.5. The molecule has 136 valence electrons. The molecule has 0 spiro atoms. The maximum atomic E-state index is 13.2. The summed E-state index contributed by atoms with van der Waals surface area (Å²) in [6, 6.07) is 6.89. The summed E-state index contributed by atoms with van der Waals surface area (Å²) in [5.41, 5.74) is 6.17. The molecule has 9 heteroatoms. The van der Waals surface area contributed by atoms with Crippen molar-refractivity contribution in [1.29, 1.82) is 5.26 Å². The lowest BCUT2D eigenvalue weighted by molar-refractivity contribution is 0.145. The minimum absolute atomic E-state index is 0.00407. The lowest BCUT2D eigenvalue weighted by atomic mass is 10.1. The summed E-state index contributed by atoms with van der Waals surface area (Å²) in [5, 5.41) is 14.9. The first-order valence-corrected chi connectivity index (χ1v) is 8.05. The number of nitrogens with zero attached hydrogens (tertiary/aromatic N) is 5. The Morgan fingerprint density at radius 3 is 2.78 bits per heavy atom. The summed E-state index contributed by atoms with van der Waals surface area (Å²) < 4.78 is 27.4. The van der Waals surface area contributed by atoms with Crippen LogP contribution in [0.1, 0.15) is 28.9 Å². The van der Waals surface area contributed by atoms with Crippen LogP contribution in [-0.4, -0.2) is 21.3 Å². The SMILES string of the molecule is C=N/C=c1/cc(Cl)cc/c1=C\c1c(C)nc2c(C#N)c(C(F)F)nn2c1N. The lowest BCUT2D eigenvalue weighted by Crippen LogP contribution is -2.24. The van der Waals surface area contributed by atoms with E-state index in [1.165, 1.54) is 6.20 Å². The van der Waals surface area contributed by atoms with Crippen molar-refractivity contribution in [3.8, 4) is 6.07 Å². The van der Waals surface area contributed by atoms with Crippen molar-refractivity contribution in [1.82, 2.24) is 14.6 Å². The van der Waals surface area contributed by atoms with Crippen molar-refractivity contribution in [3.05, 3.63) is 56.2 Å². The fourth-order valence-corrected chi connectivity index (χ4v) is 2.88. The van der Waals surface area contributed by atoms with Gasteiger partial charge in [0.25, 0.3) is 6.43 Å². The monoisotopic (exact) mass is 386 g/mol. The van der Waals surface area contributed by atoms with Gasteiger partial charge in [0.1, 0.15) is 23.1 Å². The molecule has 0 aliphatic rings. The standard InChI is InChI=1S/C18H13ClF2N6/c1-9-13(6-10-3-4-12(19)5-11(10)8-24-2)17(23)27-18(25-9)14(7-22)15(26-27)16(20)21/h3-6,8,16H,2,23H2,1H3/b10-6+,11-8-. The highest BCUT2D eigenvalue weighted by atomic mass is 35.5. The fourth-order valence-electron chi connectivity index (χ4n) is 2.70. The van der Waals surface area contributed by atoms with Crippen LogP contribution in [0.15, 0.2) is 23.2 Å². The van der Waals surface area contributed by atoms with Gasteiger partial charge in [-0.2, -0.15) is 14.9 Å². The number of hydrogen-bond donors (Lipinski definition) is 1. The van der Waals surface area contributed by atoms with E-state index >= 15 is 0 Å². The van der Waals surface area contributed by atoms with Gasteiger partial charge < -0.3 is 5.73 Å². The second-order valence-corrected chi connectivity index (χ2v) is 6.07. The predicted octanol–water partition coefficient (Wildman–Crippen LogP) is 2.35. The second-order valence-electron chi connectivity index (χ2n) is 5.63. The van der Waals surface area contributed by atoms with Crippen LogP contribution in [0.2, 0.25) is 5.02 Å². The molecule has 27 heavy (non-hydrogen) atoms. The van der Waals surface area contributed by atoms with Gasteiger partial charge in [0.05, 0.1) is 5.69 Å². The van der Waals surface area contributed by atoms with Gasteiger partial charge in [-0.05, 0) is 37.1 Å². The average Bonchev–Trinajstić information content (AvgIpc) is 2.99. The van der Waals surface area contributed by atoms with Gasteiger partial charge >= 0.3 is 0 Å². The summed E-state index contributed by atoms with van der Waals surface area (Å²) in [7, 11) is 0. The molecule has 2 N–H and O–H groups in total. The van der Waals surface area contributed by atoms with Crippen LogP contribution in [0.3, 0.4) is 0 Å². The van der Waals surface area contributed by atoms with E-state index in [2.05, 4.69) is 21.8 Å². The molecule has 2 heterocycles. The molecule has 0 fully saturated rings. The van der Waals surface area contributed by atoms with E-state index in [0.717, 1.165) is 9.73 Å². The normalized spacial score (nSPS) is 12.7. The molecular weight excluding hydrogens is 374 g/mol. The molecule has 3 rings (SSSR count). The summed E-state index contributed by atoms with van der Waals surface area (Å²) >= 11 is 6.01. The molecule has 6 nitrogen and oxygen atoms in total. The zero-order valence-corrected chi connectivity index (χ0v) is 14.9. The Bertz CT molecular complexity index is 1220. The van der Waals surface area contributed by atoms with E-state index in [-0.39, 0.29) is 17.0 Å². The molecule has 0 atom stereocenters. The molecule has 0 aliphatic carbocycles. The Balaban J connectivity index is 2.37. The van der Waals surface area contributed by atoms with Gasteiger partial charge in [0, 0.05) is 22.0 Å². The molecule has 0 aliphatic heterocycles. The zero-order chi connectivity index (χ0) is 19.7. The van der Waals surface area contributed by atoms with Gasteiger partial charge in [0.15, 0.2) is 5.65 Å². The van der Waals surface area contributed by atoms with E-state index < -0.39 is 12.1 Å². The summed E-state index contributed by atoms with van der Waals surface area (Å²) in [6.45, 7) is 5.10. The quantitative estimate of drug-likeness (QED) is 0.699.